The van der Waals surface area contributed by atoms with E-state index in [1.807, 2.05) is 44.2 Å². The Kier molecular flexibility index (Phi) is 4.19. The van der Waals surface area contributed by atoms with Crippen molar-refractivity contribution in [2.24, 2.45) is 5.16 Å². The molecule has 1 atom stereocenters. The molecular weight excluding hydrogens is 318 g/mol. The summed E-state index contributed by atoms with van der Waals surface area (Å²) in [5.41, 5.74) is 2.73. The van der Waals surface area contributed by atoms with E-state index < -0.39 is 0 Å². The second-order valence-electron chi connectivity index (χ2n) is 5.94. The van der Waals surface area contributed by atoms with Gasteiger partial charge in [0.25, 0.3) is 0 Å². The fourth-order valence-electron chi connectivity index (χ4n) is 2.45. The summed E-state index contributed by atoms with van der Waals surface area (Å²) in [5, 5.41) is 13.1. The number of nitrogens with zero attached hydrogens (tertiary/aromatic N) is 2. The van der Waals surface area contributed by atoms with Crippen LogP contribution in [0.3, 0.4) is 0 Å². The zero-order chi connectivity index (χ0) is 15.7. The topological polar surface area (TPSA) is 50.3 Å². The zero-order valence-corrected chi connectivity index (χ0v) is 14.3. The van der Waals surface area contributed by atoms with Gasteiger partial charge >= 0.3 is 0 Å². The van der Waals surface area contributed by atoms with E-state index in [4.69, 9.17) is 16.4 Å². The van der Waals surface area contributed by atoms with Crippen molar-refractivity contribution in [2.75, 3.05) is 0 Å². The Morgan fingerprint density at radius 2 is 2.05 bits per heavy atom. The lowest BCUT2D eigenvalue weighted by Crippen LogP contribution is -2.18. The van der Waals surface area contributed by atoms with Gasteiger partial charge in [-0.2, -0.15) is 5.10 Å². The van der Waals surface area contributed by atoms with E-state index in [-0.39, 0.29) is 10.9 Å². The Balaban J connectivity index is 1.84. The summed E-state index contributed by atoms with van der Waals surface area (Å²) >= 11 is 8.00. The molecule has 0 aliphatic carbocycles. The minimum atomic E-state index is -0.218. The monoisotopic (exact) mass is 335 g/mol. The average Bonchev–Trinajstić information content (AvgIpc) is 3.02. The smallest absolute Gasteiger partial charge is 0.138 e. The number of halogens is 1. The predicted molar refractivity (Wildman–Crippen MR) is 92.3 cm³/mol. The Labute approximate surface area is 139 Å². The molecule has 1 aromatic heterocycles. The Morgan fingerprint density at radius 3 is 2.68 bits per heavy atom. The number of aromatic nitrogens is 2. The highest BCUT2D eigenvalue weighted by Crippen LogP contribution is 2.41. The van der Waals surface area contributed by atoms with E-state index in [0.717, 1.165) is 28.3 Å². The number of H-pyrrole nitrogens is 1. The normalized spacial score (nSPS) is 17.9. The van der Waals surface area contributed by atoms with Crippen LogP contribution >= 0.6 is 23.4 Å². The van der Waals surface area contributed by atoms with Crippen molar-refractivity contribution >= 4 is 28.4 Å². The van der Waals surface area contributed by atoms with Crippen molar-refractivity contribution in [2.45, 2.75) is 38.0 Å². The van der Waals surface area contributed by atoms with E-state index in [9.17, 15) is 0 Å². The highest BCUT2D eigenvalue weighted by molar-refractivity contribution is 8.14. The van der Waals surface area contributed by atoms with Crippen LogP contribution in [-0.4, -0.2) is 20.8 Å². The molecular formula is C16H18ClN3OS. The molecule has 1 unspecified atom stereocenters. The summed E-state index contributed by atoms with van der Waals surface area (Å²) in [5.74, 6) is 0. The van der Waals surface area contributed by atoms with Crippen LogP contribution in [0.2, 0.25) is 5.15 Å². The molecule has 6 heteroatoms. The molecule has 22 heavy (non-hydrogen) atoms. The summed E-state index contributed by atoms with van der Waals surface area (Å²) in [4.78, 5) is 5.43. The highest BCUT2D eigenvalue weighted by Gasteiger charge is 2.31. The van der Waals surface area contributed by atoms with Crippen LogP contribution in [0.4, 0.5) is 0 Å². The number of rotatable bonds is 3. The zero-order valence-electron chi connectivity index (χ0n) is 12.8. The average molecular weight is 336 g/mol. The molecule has 0 bridgehead atoms. The maximum absolute atomic E-state index is 6.33. The summed E-state index contributed by atoms with van der Waals surface area (Å²) in [7, 11) is 0. The van der Waals surface area contributed by atoms with Gasteiger partial charge in [-0.3, -0.25) is 5.10 Å². The van der Waals surface area contributed by atoms with Gasteiger partial charge < -0.3 is 4.84 Å². The molecule has 2 aromatic rings. The van der Waals surface area contributed by atoms with Crippen LogP contribution in [0, 0.1) is 0 Å². The van der Waals surface area contributed by atoms with Crippen molar-refractivity contribution in [3.05, 3.63) is 41.0 Å². The van der Waals surface area contributed by atoms with Crippen LogP contribution in [0.5, 0.6) is 0 Å². The molecule has 3 rings (SSSR count). The van der Waals surface area contributed by atoms with Gasteiger partial charge in [0.05, 0.1) is 5.69 Å². The molecule has 0 amide bonds. The molecule has 4 nitrogen and oxygen atoms in total. The number of nitrogens with one attached hydrogen (secondary N) is 1. The maximum atomic E-state index is 6.33. The van der Waals surface area contributed by atoms with Crippen LogP contribution in [0.15, 0.2) is 35.5 Å². The second kappa shape index (κ2) is 5.97. The van der Waals surface area contributed by atoms with Crippen molar-refractivity contribution in [1.82, 2.24) is 10.2 Å². The van der Waals surface area contributed by atoms with Gasteiger partial charge in [0.2, 0.25) is 0 Å². The number of oxime groups is 1. The maximum Gasteiger partial charge on any atom is 0.138 e. The number of aromatic amines is 1. The van der Waals surface area contributed by atoms with E-state index in [2.05, 4.69) is 22.3 Å². The van der Waals surface area contributed by atoms with Gasteiger partial charge in [0, 0.05) is 22.8 Å². The van der Waals surface area contributed by atoms with Gasteiger partial charge in [0.1, 0.15) is 15.8 Å². The first-order valence-electron chi connectivity index (χ1n) is 7.17. The third kappa shape index (κ3) is 3.15. The third-order valence-electron chi connectivity index (χ3n) is 3.50. The van der Waals surface area contributed by atoms with E-state index in [1.54, 1.807) is 11.8 Å². The minimum Gasteiger partial charge on any atom is -0.389 e. The van der Waals surface area contributed by atoms with Crippen molar-refractivity contribution in [1.29, 1.82) is 0 Å². The van der Waals surface area contributed by atoms with Gasteiger partial charge in [-0.25, -0.2) is 0 Å². The molecule has 1 N–H and O–H groups in total. The van der Waals surface area contributed by atoms with Crippen molar-refractivity contribution in [3.8, 4) is 11.3 Å². The molecule has 0 fully saturated rings. The fraction of sp³-hybridized carbons (Fsp3) is 0.375. The molecule has 116 valence electrons. The molecule has 1 aliphatic rings. The Bertz CT molecular complexity index is 697. The van der Waals surface area contributed by atoms with Gasteiger partial charge in [-0.05, 0) is 20.8 Å². The first kappa shape index (κ1) is 15.4. The highest BCUT2D eigenvalue weighted by atomic mass is 35.5. The second-order valence-corrected chi connectivity index (χ2v) is 7.73. The summed E-state index contributed by atoms with van der Waals surface area (Å²) < 4.78 is 0. The quantitative estimate of drug-likeness (QED) is 0.855. The SMILES string of the molecule is CC(SC1=NOC(C)(C)C1)c1c(-c2ccccc2)n[nH]c1Cl. The number of hydrogen-bond acceptors (Lipinski definition) is 4. The van der Waals surface area contributed by atoms with Gasteiger partial charge in [-0.1, -0.05) is 58.9 Å². The lowest BCUT2D eigenvalue weighted by molar-refractivity contribution is 0.0123. The molecule has 1 aliphatic heterocycles. The van der Waals surface area contributed by atoms with E-state index in [0.29, 0.717) is 5.15 Å². The van der Waals surface area contributed by atoms with Crippen LogP contribution in [0.25, 0.3) is 11.3 Å². The molecule has 0 saturated carbocycles. The Morgan fingerprint density at radius 1 is 1.32 bits per heavy atom. The Hall–Kier alpha value is -1.46. The fourth-order valence-corrected chi connectivity index (χ4v) is 4.07. The van der Waals surface area contributed by atoms with E-state index >= 15 is 0 Å². The van der Waals surface area contributed by atoms with Crippen molar-refractivity contribution in [3.63, 3.8) is 0 Å². The molecule has 0 saturated heterocycles. The van der Waals surface area contributed by atoms with Crippen molar-refractivity contribution < 1.29 is 4.84 Å². The number of hydrogen-bond donors (Lipinski definition) is 1. The lowest BCUT2D eigenvalue weighted by atomic mass is 10.1. The van der Waals surface area contributed by atoms with Gasteiger partial charge in [0.15, 0.2) is 0 Å². The van der Waals surface area contributed by atoms with Crippen LogP contribution in [-0.2, 0) is 4.84 Å². The van der Waals surface area contributed by atoms with E-state index in [1.165, 1.54) is 0 Å². The van der Waals surface area contributed by atoms with Gasteiger partial charge in [-0.15, -0.1) is 0 Å². The molecule has 2 heterocycles. The lowest BCUT2D eigenvalue weighted by Gasteiger charge is -2.14. The number of benzene rings is 1. The first-order valence-corrected chi connectivity index (χ1v) is 8.43. The molecule has 0 spiro atoms. The summed E-state index contributed by atoms with van der Waals surface area (Å²) in [6.45, 7) is 6.19. The number of thioether (sulfide) groups is 1. The largest absolute Gasteiger partial charge is 0.389 e. The standard InChI is InChI=1S/C16H18ClN3OS/c1-10(22-12-9-16(2,3)21-20-12)13-14(18-19-15(13)17)11-7-5-4-6-8-11/h4-8,10H,9H2,1-3H3,(H,18,19). The minimum absolute atomic E-state index is 0.137. The molecule has 1 aromatic carbocycles. The first-order chi connectivity index (χ1) is 10.5. The van der Waals surface area contributed by atoms with Crippen LogP contribution in [0.1, 0.15) is 38.0 Å². The molecule has 0 radical (unpaired) electrons. The third-order valence-corrected chi connectivity index (χ3v) is 4.86. The van der Waals surface area contributed by atoms with Crippen LogP contribution < -0.4 is 0 Å². The summed E-state index contributed by atoms with van der Waals surface area (Å²) in [6.07, 6.45) is 0.818. The summed E-state index contributed by atoms with van der Waals surface area (Å²) in [6, 6.07) is 10.1. The predicted octanol–water partition coefficient (Wildman–Crippen LogP) is 5.04.